The molecule has 0 bridgehead atoms. The number of likely N-dealkylation sites (tertiary alicyclic amines) is 1. The molecule has 0 radical (unpaired) electrons. The zero-order chi connectivity index (χ0) is 14.2. The zero-order valence-corrected chi connectivity index (χ0v) is 12.9. The molecule has 2 atom stereocenters. The van der Waals surface area contributed by atoms with Crippen molar-refractivity contribution in [3.63, 3.8) is 0 Å². The highest BCUT2D eigenvalue weighted by molar-refractivity contribution is 9.11. The van der Waals surface area contributed by atoms with Gasteiger partial charge in [0.15, 0.2) is 0 Å². The van der Waals surface area contributed by atoms with Crippen LogP contribution in [0.1, 0.15) is 16.8 Å². The second-order valence-electron chi connectivity index (χ2n) is 4.33. The van der Waals surface area contributed by atoms with Gasteiger partial charge in [0.05, 0.1) is 11.7 Å². The van der Waals surface area contributed by atoms with Crippen LogP contribution in [0.3, 0.4) is 0 Å². The van der Waals surface area contributed by atoms with Crippen LogP contribution in [0.2, 0.25) is 0 Å². The zero-order valence-electron chi connectivity index (χ0n) is 9.72. The molecule has 0 aromatic heterocycles. The fourth-order valence-corrected chi connectivity index (χ4v) is 3.31. The van der Waals surface area contributed by atoms with Crippen molar-refractivity contribution in [1.82, 2.24) is 4.90 Å². The Bertz CT molecular complexity index is 534. The lowest BCUT2D eigenvalue weighted by Crippen LogP contribution is -2.40. The molecule has 2 N–H and O–H groups in total. The normalized spacial score (nSPS) is 22.6. The monoisotopic (exact) mass is 391 g/mol. The summed E-state index contributed by atoms with van der Waals surface area (Å²) < 4.78 is 1.39. The van der Waals surface area contributed by atoms with Crippen molar-refractivity contribution in [2.45, 2.75) is 18.6 Å². The fraction of sp³-hybridized carbons (Fsp3) is 0.333. The Balaban J connectivity index is 2.30. The third kappa shape index (κ3) is 2.98. The van der Waals surface area contributed by atoms with Crippen LogP contribution in [0.4, 0.5) is 0 Å². The molecule has 0 aliphatic carbocycles. The van der Waals surface area contributed by atoms with Gasteiger partial charge in [0.1, 0.15) is 6.04 Å². The van der Waals surface area contributed by atoms with Crippen molar-refractivity contribution in [2.24, 2.45) is 0 Å². The number of benzene rings is 1. The smallest absolute Gasteiger partial charge is 0.326 e. The molecule has 1 aromatic rings. The third-order valence-corrected chi connectivity index (χ3v) is 4.14. The summed E-state index contributed by atoms with van der Waals surface area (Å²) in [4.78, 5) is 24.6. The summed E-state index contributed by atoms with van der Waals surface area (Å²) in [6.07, 6.45) is -0.728. The first-order valence-corrected chi connectivity index (χ1v) is 7.15. The van der Waals surface area contributed by atoms with Crippen molar-refractivity contribution in [1.29, 1.82) is 0 Å². The summed E-state index contributed by atoms with van der Waals surface area (Å²) in [5, 5.41) is 18.6. The van der Waals surface area contributed by atoms with E-state index in [4.69, 9.17) is 5.11 Å². The Hall–Kier alpha value is -0.920. The maximum atomic E-state index is 12.3. The predicted molar refractivity (Wildman–Crippen MR) is 74.9 cm³/mol. The maximum Gasteiger partial charge on any atom is 0.326 e. The lowest BCUT2D eigenvalue weighted by molar-refractivity contribution is -0.141. The Kier molecular flexibility index (Phi) is 4.27. The number of halogens is 2. The first kappa shape index (κ1) is 14.5. The number of amides is 1. The number of aliphatic carboxylic acids is 1. The highest BCUT2D eigenvalue weighted by atomic mass is 79.9. The highest BCUT2D eigenvalue weighted by Gasteiger charge is 2.39. The van der Waals surface area contributed by atoms with E-state index in [0.717, 1.165) is 4.47 Å². The standard InChI is InChI=1S/C12H11Br2NO4/c13-6-1-2-8(9(14)3-6)11(17)15-5-7(16)4-10(15)12(18)19/h1-3,7,10,16H,4-5H2,(H,18,19)/t7-,10+/m1/s1. The van der Waals surface area contributed by atoms with Crippen LogP contribution in [0, 0.1) is 0 Å². The Morgan fingerprint density at radius 1 is 1.32 bits per heavy atom. The first-order chi connectivity index (χ1) is 8.90. The van der Waals surface area contributed by atoms with E-state index in [1.165, 1.54) is 4.90 Å². The number of aliphatic hydroxyl groups excluding tert-OH is 1. The molecule has 1 aliphatic rings. The summed E-state index contributed by atoms with van der Waals surface area (Å²) in [5.74, 6) is -1.50. The van der Waals surface area contributed by atoms with E-state index in [0.29, 0.717) is 10.0 Å². The van der Waals surface area contributed by atoms with Crippen molar-refractivity contribution < 1.29 is 19.8 Å². The first-order valence-electron chi connectivity index (χ1n) is 5.57. The Morgan fingerprint density at radius 3 is 2.58 bits per heavy atom. The predicted octanol–water partition coefficient (Wildman–Crippen LogP) is 1.87. The molecule has 5 nitrogen and oxygen atoms in total. The van der Waals surface area contributed by atoms with Gasteiger partial charge in [-0.1, -0.05) is 15.9 Å². The van der Waals surface area contributed by atoms with Crippen LogP contribution in [-0.4, -0.2) is 45.7 Å². The van der Waals surface area contributed by atoms with Gasteiger partial charge in [-0.3, -0.25) is 4.79 Å². The number of nitrogens with zero attached hydrogens (tertiary/aromatic N) is 1. The molecule has 1 saturated heterocycles. The van der Waals surface area contributed by atoms with Gasteiger partial charge in [-0.2, -0.15) is 0 Å². The molecule has 0 unspecified atom stereocenters. The summed E-state index contributed by atoms with van der Waals surface area (Å²) in [5.41, 5.74) is 0.378. The van der Waals surface area contributed by atoms with Crippen molar-refractivity contribution in [3.05, 3.63) is 32.7 Å². The molecule has 2 rings (SSSR count). The molecule has 7 heteroatoms. The fourth-order valence-electron chi connectivity index (χ4n) is 2.09. The quantitative estimate of drug-likeness (QED) is 0.805. The number of carboxylic acids is 1. The number of hydrogen-bond acceptors (Lipinski definition) is 3. The summed E-state index contributed by atoms with van der Waals surface area (Å²) in [6.45, 7) is 0.0400. The van der Waals surface area contributed by atoms with Gasteiger partial charge in [0, 0.05) is 21.9 Å². The van der Waals surface area contributed by atoms with Crippen LogP contribution in [0.15, 0.2) is 27.1 Å². The number of carboxylic acid groups (broad SMARTS) is 1. The van der Waals surface area contributed by atoms with Gasteiger partial charge in [0.25, 0.3) is 5.91 Å². The second kappa shape index (κ2) is 5.60. The largest absolute Gasteiger partial charge is 0.480 e. The molecule has 1 amide bonds. The minimum absolute atomic E-state index is 0.0400. The molecule has 102 valence electrons. The number of hydrogen-bond donors (Lipinski definition) is 2. The van der Waals surface area contributed by atoms with Crippen LogP contribution >= 0.6 is 31.9 Å². The van der Waals surface area contributed by atoms with Gasteiger partial charge in [0.2, 0.25) is 0 Å². The van der Waals surface area contributed by atoms with E-state index in [1.807, 2.05) is 0 Å². The summed E-state index contributed by atoms with van der Waals surface area (Å²) >= 11 is 6.56. The number of aliphatic hydroxyl groups is 1. The van der Waals surface area contributed by atoms with Crippen LogP contribution in [-0.2, 0) is 4.79 Å². The SMILES string of the molecule is O=C(O)[C@@H]1C[C@@H](O)CN1C(=O)c1ccc(Br)cc1Br. The third-order valence-electron chi connectivity index (χ3n) is 2.99. The topological polar surface area (TPSA) is 77.8 Å². The summed E-state index contributed by atoms with van der Waals surface area (Å²) in [6, 6.07) is 4.06. The van der Waals surface area contributed by atoms with E-state index in [-0.39, 0.29) is 13.0 Å². The second-order valence-corrected chi connectivity index (χ2v) is 6.10. The molecule has 1 heterocycles. The number of carbonyl (C=O) groups is 2. The average molecular weight is 393 g/mol. The van der Waals surface area contributed by atoms with E-state index in [2.05, 4.69) is 31.9 Å². The number of carbonyl (C=O) groups excluding carboxylic acids is 1. The molecule has 1 fully saturated rings. The molecule has 0 spiro atoms. The molecule has 0 saturated carbocycles. The molecule has 1 aliphatic heterocycles. The number of β-amino-alcohol motifs (C(OH)–C–C–N with tert-alkyl or cyclic N) is 1. The van der Waals surface area contributed by atoms with Gasteiger partial charge >= 0.3 is 5.97 Å². The van der Waals surface area contributed by atoms with Crippen LogP contribution in [0.25, 0.3) is 0 Å². The molecule has 19 heavy (non-hydrogen) atoms. The molecular weight excluding hydrogens is 382 g/mol. The lowest BCUT2D eigenvalue weighted by atomic mass is 10.1. The van der Waals surface area contributed by atoms with Crippen molar-refractivity contribution >= 4 is 43.7 Å². The molecular formula is C12H11Br2NO4. The van der Waals surface area contributed by atoms with Gasteiger partial charge in [-0.25, -0.2) is 4.79 Å². The maximum absolute atomic E-state index is 12.3. The van der Waals surface area contributed by atoms with E-state index >= 15 is 0 Å². The summed E-state index contributed by atoms with van der Waals surface area (Å²) in [7, 11) is 0. The highest BCUT2D eigenvalue weighted by Crippen LogP contribution is 2.26. The van der Waals surface area contributed by atoms with E-state index < -0.39 is 24.0 Å². The van der Waals surface area contributed by atoms with Gasteiger partial charge in [-0.15, -0.1) is 0 Å². The Labute approximate surface area is 126 Å². The van der Waals surface area contributed by atoms with E-state index in [9.17, 15) is 14.7 Å². The minimum atomic E-state index is -1.10. The van der Waals surface area contributed by atoms with Crippen LogP contribution in [0.5, 0.6) is 0 Å². The molecule has 1 aromatic carbocycles. The van der Waals surface area contributed by atoms with Crippen molar-refractivity contribution in [2.75, 3.05) is 6.54 Å². The van der Waals surface area contributed by atoms with Crippen molar-refractivity contribution in [3.8, 4) is 0 Å². The van der Waals surface area contributed by atoms with Gasteiger partial charge in [-0.05, 0) is 34.1 Å². The lowest BCUT2D eigenvalue weighted by Gasteiger charge is -2.21. The average Bonchev–Trinajstić information content (AvgIpc) is 2.70. The number of rotatable bonds is 2. The van der Waals surface area contributed by atoms with Crippen LogP contribution < -0.4 is 0 Å². The van der Waals surface area contributed by atoms with Gasteiger partial charge < -0.3 is 15.1 Å². The minimum Gasteiger partial charge on any atom is -0.480 e. The Morgan fingerprint density at radius 2 is 2.00 bits per heavy atom. The van der Waals surface area contributed by atoms with E-state index in [1.54, 1.807) is 18.2 Å².